The number of terminal acetylenes is 1. The van der Waals surface area contributed by atoms with E-state index >= 15 is 0 Å². The van der Waals surface area contributed by atoms with Crippen molar-refractivity contribution in [3.05, 3.63) is 125 Å². The first-order valence-electron chi connectivity index (χ1n) is 12.9. The summed E-state index contributed by atoms with van der Waals surface area (Å²) in [5.74, 6) is 2.79. The minimum Gasteiger partial charge on any atom is -0.308 e. The topological polar surface area (TPSA) is 3.24 Å². The van der Waals surface area contributed by atoms with Crippen LogP contribution in [0.3, 0.4) is 0 Å². The van der Waals surface area contributed by atoms with Crippen LogP contribution < -0.4 is 4.90 Å². The number of hydrogen-bond donors (Lipinski definition) is 0. The van der Waals surface area contributed by atoms with Gasteiger partial charge >= 0.3 is 0 Å². The molecule has 184 valence electrons. The Morgan fingerprint density at radius 2 is 1.16 bits per heavy atom. The van der Waals surface area contributed by atoms with Gasteiger partial charge in [0.05, 0.1) is 11.4 Å². The van der Waals surface area contributed by atoms with Crippen LogP contribution in [-0.4, -0.2) is 0 Å². The highest BCUT2D eigenvalue weighted by molar-refractivity contribution is 7.99. The lowest BCUT2D eigenvalue weighted by molar-refractivity contribution is 1.17. The van der Waals surface area contributed by atoms with Crippen LogP contribution in [0.25, 0.3) is 22.3 Å². The molecule has 1 nitrogen and oxygen atoms in total. The monoisotopic (exact) mass is 507 g/mol. The van der Waals surface area contributed by atoms with Crippen LogP contribution in [0.4, 0.5) is 17.1 Å². The third kappa shape index (κ3) is 4.10. The van der Waals surface area contributed by atoms with Crippen molar-refractivity contribution in [2.75, 3.05) is 4.90 Å². The second-order valence-corrected chi connectivity index (χ2v) is 11.1. The van der Waals surface area contributed by atoms with Crippen molar-refractivity contribution < 1.29 is 0 Å². The Balaban J connectivity index is 1.45. The van der Waals surface area contributed by atoms with Gasteiger partial charge in [-0.1, -0.05) is 66.2 Å². The molecule has 6 rings (SSSR count). The predicted octanol–water partition coefficient (Wildman–Crippen LogP) is 10.2. The Bertz CT molecular complexity index is 1690. The molecular formula is C36H29NS. The lowest BCUT2D eigenvalue weighted by Gasteiger charge is -2.33. The fraction of sp³-hybridized carbons (Fsp3) is 0.111. The van der Waals surface area contributed by atoms with E-state index in [4.69, 9.17) is 6.42 Å². The van der Waals surface area contributed by atoms with Crippen molar-refractivity contribution in [1.82, 2.24) is 0 Å². The Labute approximate surface area is 230 Å². The smallest absolute Gasteiger partial charge is 0.0602 e. The van der Waals surface area contributed by atoms with Crippen LogP contribution in [0.15, 0.2) is 107 Å². The molecule has 38 heavy (non-hydrogen) atoms. The molecule has 1 aliphatic rings. The van der Waals surface area contributed by atoms with E-state index < -0.39 is 0 Å². The number of para-hydroxylation sites is 2. The minimum absolute atomic E-state index is 0.938. The van der Waals surface area contributed by atoms with Gasteiger partial charge in [0.25, 0.3) is 0 Å². The molecule has 0 spiro atoms. The molecular weight excluding hydrogens is 478 g/mol. The van der Waals surface area contributed by atoms with Gasteiger partial charge in [0.2, 0.25) is 0 Å². The fourth-order valence-corrected chi connectivity index (χ4v) is 6.85. The summed E-state index contributed by atoms with van der Waals surface area (Å²) in [5.41, 5.74) is 14.6. The molecule has 0 saturated carbocycles. The zero-order valence-electron chi connectivity index (χ0n) is 22.2. The Morgan fingerprint density at radius 3 is 1.82 bits per heavy atom. The van der Waals surface area contributed by atoms with Gasteiger partial charge < -0.3 is 4.90 Å². The second-order valence-electron chi connectivity index (χ2n) is 10.0. The van der Waals surface area contributed by atoms with Crippen LogP contribution >= 0.6 is 11.8 Å². The molecule has 5 aromatic rings. The quantitative estimate of drug-likeness (QED) is 0.219. The van der Waals surface area contributed by atoms with E-state index in [0.717, 1.165) is 5.56 Å². The number of rotatable bonds is 3. The van der Waals surface area contributed by atoms with Crippen LogP contribution in [-0.2, 0) is 0 Å². The van der Waals surface area contributed by atoms with Crippen molar-refractivity contribution in [2.24, 2.45) is 0 Å². The highest BCUT2D eigenvalue weighted by Crippen LogP contribution is 2.52. The number of aryl methyl sites for hydroxylation is 4. The van der Waals surface area contributed by atoms with Crippen molar-refractivity contribution in [1.29, 1.82) is 0 Å². The standard InChI is InChI=1S/C36H29NS/c1-6-27-18-23(2)35(24(3)19-27)36-25(4)20-29(21-26(36)5)28-16-17-32-34(22-28)38-33-15-11-10-14-31(33)37(32)30-12-8-7-9-13-30/h1,7-22H,2-5H3. The normalized spacial score (nSPS) is 12.0. The Hall–Kier alpha value is -4.19. The van der Waals surface area contributed by atoms with Crippen LogP contribution in [0.1, 0.15) is 27.8 Å². The maximum absolute atomic E-state index is 5.68. The van der Waals surface area contributed by atoms with Gasteiger partial charge in [0.1, 0.15) is 0 Å². The molecule has 0 fully saturated rings. The van der Waals surface area contributed by atoms with Gasteiger partial charge in [0, 0.05) is 21.0 Å². The second kappa shape index (κ2) is 9.60. The Morgan fingerprint density at radius 1 is 0.579 bits per heavy atom. The summed E-state index contributed by atoms with van der Waals surface area (Å²) < 4.78 is 0. The van der Waals surface area contributed by atoms with E-state index in [1.54, 1.807) is 0 Å². The summed E-state index contributed by atoms with van der Waals surface area (Å²) in [7, 11) is 0. The number of benzene rings is 5. The summed E-state index contributed by atoms with van der Waals surface area (Å²) in [5, 5.41) is 0. The van der Waals surface area contributed by atoms with Crippen molar-refractivity contribution in [3.8, 4) is 34.6 Å². The number of fused-ring (bicyclic) bond motifs is 2. The number of anilines is 3. The molecule has 0 aromatic heterocycles. The third-order valence-electron chi connectivity index (χ3n) is 7.36. The van der Waals surface area contributed by atoms with E-state index in [1.807, 2.05) is 11.8 Å². The first-order valence-corrected chi connectivity index (χ1v) is 13.7. The van der Waals surface area contributed by atoms with Crippen molar-refractivity contribution in [2.45, 2.75) is 37.5 Å². The molecule has 0 aliphatic carbocycles. The van der Waals surface area contributed by atoms with Crippen molar-refractivity contribution >= 4 is 28.8 Å². The van der Waals surface area contributed by atoms with Gasteiger partial charge in [-0.25, -0.2) is 0 Å². The van der Waals surface area contributed by atoms with E-state index in [-0.39, 0.29) is 0 Å². The number of hydrogen-bond acceptors (Lipinski definition) is 2. The first-order chi connectivity index (χ1) is 18.4. The molecule has 0 unspecified atom stereocenters. The summed E-state index contributed by atoms with van der Waals surface area (Å²) in [6, 6.07) is 35.0. The highest BCUT2D eigenvalue weighted by atomic mass is 32.2. The number of nitrogens with zero attached hydrogens (tertiary/aromatic N) is 1. The molecule has 0 amide bonds. The molecule has 2 heteroatoms. The maximum atomic E-state index is 5.68. The molecule has 0 atom stereocenters. The highest BCUT2D eigenvalue weighted by Gasteiger charge is 2.25. The maximum Gasteiger partial charge on any atom is 0.0602 e. The average molecular weight is 508 g/mol. The lowest BCUT2D eigenvalue weighted by atomic mass is 9.86. The van der Waals surface area contributed by atoms with Gasteiger partial charge in [-0.3, -0.25) is 0 Å². The first kappa shape index (κ1) is 24.2. The largest absolute Gasteiger partial charge is 0.308 e. The minimum atomic E-state index is 0.938. The summed E-state index contributed by atoms with van der Waals surface area (Å²) >= 11 is 1.85. The Kier molecular flexibility index (Phi) is 6.10. The van der Waals surface area contributed by atoms with E-state index in [2.05, 4.69) is 136 Å². The zero-order chi connectivity index (χ0) is 26.4. The average Bonchev–Trinajstić information content (AvgIpc) is 2.92. The molecule has 0 N–H and O–H groups in total. The molecule has 1 aliphatic heterocycles. The third-order valence-corrected chi connectivity index (χ3v) is 8.47. The van der Waals surface area contributed by atoms with Crippen LogP contribution in [0, 0.1) is 40.0 Å². The summed E-state index contributed by atoms with van der Waals surface area (Å²) in [6.45, 7) is 8.76. The van der Waals surface area contributed by atoms with Gasteiger partial charge in [0.15, 0.2) is 0 Å². The summed E-state index contributed by atoms with van der Waals surface area (Å²) in [4.78, 5) is 4.90. The predicted molar refractivity (Wildman–Crippen MR) is 163 cm³/mol. The molecule has 1 heterocycles. The molecule has 0 saturated heterocycles. The van der Waals surface area contributed by atoms with Gasteiger partial charge in [-0.05, 0) is 121 Å². The zero-order valence-corrected chi connectivity index (χ0v) is 23.0. The van der Waals surface area contributed by atoms with E-state index in [9.17, 15) is 0 Å². The van der Waals surface area contributed by atoms with E-state index in [0.29, 0.717) is 0 Å². The summed E-state index contributed by atoms with van der Waals surface area (Å²) in [6.07, 6.45) is 5.68. The van der Waals surface area contributed by atoms with Crippen molar-refractivity contribution in [3.63, 3.8) is 0 Å². The molecule has 0 bridgehead atoms. The lowest BCUT2D eigenvalue weighted by Crippen LogP contribution is -2.14. The van der Waals surface area contributed by atoms with Crippen LogP contribution in [0.2, 0.25) is 0 Å². The SMILES string of the molecule is C#Cc1cc(C)c(-c2c(C)cc(-c3ccc4c(c3)Sc3ccccc3N4c3ccccc3)cc2C)c(C)c1. The van der Waals surface area contributed by atoms with Gasteiger partial charge in [-0.15, -0.1) is 6.42 Å². The van der Waals surface area contributed by atoms with Gasteiger partial charge in [-0.2, -0.15) is 0 Å². The molecule has 0 radical (unpaired) electrons. The van der Waals surface area contributed by atoms with Crippen LogP contribution in [0.5, 0.6) is 0 Å². The fourth-order valence-electron chi connectivity index (χ4n) is 5.76. The van der Waals surface area contributed by atoms with E-state index in [1.165, 1.54) is 71.4 Å². The molecule has 5 aromatic carbocycles.